The highest BCUT2D eigenvalue weighted by molar-refractivity contribution is 8.18. The first-order valence-electron chi connectivity index (χ1n) is 7.82. The molecule has 1 fully saturated rings. The van der Waals surface area contributed by atoms with E-state index in [1.807, 2.05) is 0 Å². The maximum atomic E-state index is 13.0. The topological polar surface area (TPSA) is 67.2 Å². The minimum Gasteiger partial charge on any atom is -0.300 e. The summed E-state index contributed by atoms with van der Waals surface area (Å²) >= 11 is 14.5. The lowest BCUT2D eigenvalue weighted by Gasteiger charge is -1.99. The first-order valence-corrected chi connectivity index (χ1v) is 10.2. The van der Waals surface area contributed by atoms with Crippen LogP contribution in [0, 0.1) is 5.82 Å². The van der Waals surface area contributed by atoms with E-state index >= 15 is 0 Å². The van der Waals surface area contributed by atoms with Gasteiger partial charge in [0.25, 0.3) is 5.91 Å². The maximum Gasteiger partial charge on any atom is 0.264 e. The van der Waals surface area contributed by atoms with E-state index in [1.165, 1.54) is 35.2 Å². The average Bonchev–Trinajstić information content (AvgIpc) is 3.25. The third kappa shape index (κ3) is 4.25. The Morgan fingerprint density at radius 1 is 1.11 bits per heavy atom. The summed E-state index contributed by atoms with van der Waals surface area (Å²) in [7, 11) is 0. The van der Waals surface area contributed by atoms with Crippen molar-refractivity contribution in [1.29, 1.82) is 0 Å². The Morgan fingerprint density at radius 3 is 2.64 bits per heavy atom. The SMILES string of the molecule is O=C1N/C(=N\c2nnc(-c3ccc(F)cc3)s2)S/C1=C\c1ccc(Cl)cc1Cl. The Labute approximate surface area is 177 Å². The summed E-state index contributed by atoms with van der Waals surface area (Å²) < 4.78 is 13.0. The van der Waals surface area contributed by atoms with Crippen LogP contribution in [-0.2, 0) is 4.79 Å². The molecule has 2 heterocycles. The predicted octanol–water partition coefficient (Wildman–Crippen LogP) is 5.54. The lowest BCUT2D eigenvalue weighted by Crippen LogP contribution is -2.19. The van der Waals surface area contributed by atoms with Crippen LogP contribution in [0.2, 0.25) is 10.0 Å². The molecule has 1 N–H and O–H groups in total. The Balaban J connectivity index is 1.54. The van der Waals surface area contributed by atoms with Gasteiger partial charge < -0.3 is 5.32 Å². The van der Waals surface area contributed by atoms with Crippen LogP contribution in [0.15, 0.2) is 52.4 Å². The predicted molar refractivity (Wildman–Crippen MR) is 113 cm³/mol. The molecule has 1 aromatic heterocycles. The number of rotatable bonds is 3. The van der Waals surface area contributed by atoms with Crippen LogP contribution < -0.4 is 5.32 Å². The molecule has 28 heavy (non-hydrogen) atoms. The average molecular weight is 451 g/mol. The number of hydrogen-bond acceptors (Lipinski definition) is 6. The molecule has 140 valence electrons. The fourth-order valence-electron chi connectivity index (χ4n) is 2.30. The molecule has 1 aliphatic heterocycles. The summed E-state index contributed by atoms with van der Waals surface area (Å²) in [5.74, 6) is -0.600. The number of amides is 1. The first-order chi connectivity index (χ1) is 13.5. The maximum absolute atomic E-state index is 13.0. The molecule has 4 rings (SSSR count). The number of halogens is 3. The third-order valence-electron chi connectivity index (χ3n) is 3.60. The van der Waals surface area contributed by atoms with Gasteiger partial charge in [0.05, 0.1) is 4.91 Å². The molecule has 10 heteroatoms. The molecule has 1 aliphatic rings. The zero-order chi connectivity index (χ0) is 19.7. The molecule has 0 spiro atoms. The number of nitrogens with zero attached hydrogens (tertiary/aromatic N) is 3. The van der Waals surface area contributed by atoms with Crippen LogP contribution in [0.4, 0.5) is 9.52 Å². The number of hydrogen-bond donors (Lipinski definition) is 1. The van der Waals surface area contributed by atoms with E-state index in [1.54, 1.807) is 36.4 Å². The van der Waals surface area contributed by atoms with Crippen LogP contribution in [-0.4, -0.2) is 21.3 Å². The van der Waals surface area contributed by atoms with Crippen LogP contribution in [0.3, 0.4) is 0 Å². The second-order valence-electron chi connectivity index (χ2n) is 5.54. The van der Waals surface area contributed by atoms with Gasteiger partial charge in [-0.2, -0.15) is 4.99 Å². The number of carbonyl (C=O) groups excluding carboxylic acids is 1. The molecule has 3 aromatic rings. The molecular weight excluding hydrogens is 442 g/mol. The summed E-state index contributed by atoms with van der Waals surface area (Å²) in [4.78, 5) is 17.0. The molecule has 2 aromatic carbocycles. The van der Waals surface area contributed by atoms with Gasteiger partial charge in [0.1, 0.15) is 10.8 Å². The molecule has 0 aliphatic carbocycles. The standard InChI is InChI=1S/C18H9Cl2FN4OS2/c19-11-4-1-10(13(20)8-11)7-14-15(26)22-17(27-14)23-18-25-24-16(28-18)9-2-5-12(21)6-3-9/h1-8H,(H,22,23,25,26)/b14-7-. The van der Waals surface area contributed by atoms with E-state index in [-0.39, 0.29) is 11.7 Å². The molecule has 0 bridgehead atoms. The van der Waals surface area contributed by atoms with Gasteiger partial charge in [0.15, 0.2) is 5.17 Å². The molecule has 0 unspecified atom stereocenters. The van der Waals surface area contributed by atoms with E-state index in [4.69, 9.17) is 23.2 Å². The lowest BCUT2D eigenvalue weighted by molar-refractivity contribution is -0.115. The number of thioether (sulfide) groups is 1. The van der Waals surface area contributed by atoms with Gasteiger partial charge in [-0.3, -0.25) is 4.79 Å². The number of nitrogens with one attached hydrogen (secondary N) is 1. The van der Waals surface area contributed by atoms with Crippen LogP contribution in [0.25, 0.3) is 16.6 Å². The van der Waals surface area contributed by atoms with Crippen molar-refractivity contribution < 1.29 is 9.18 Å². The van der Waals surface area contributed by atoms with Crippen molar-refractivity contribution in [2.45, 2.75) is 0 Å². The number of benzene rings is 2. The second kappa shape index (κ2) is 8.00. The van der Waals surface area contributed by atoms with Crippen LogP contribution >= 0.6 is 46.3 Å². The summed E-state index contributed by atoms with van der Waals surface area (Å²) in [5.41, 5.74) is 1.42. The quantitative estimate of drug-likeness (QED) is 0.531. The highest BCUT2D eigenvalue weighted by Crippen LogP contribution is 2.33. The molecule has 0 radical (unpaired) electrons. The summed E-state index contributed by atoms with van der Waals surface area (Å²) in [6.45, 7) is 0. The van der Waals surface area contributed by atoms with Gasteiger partial charge in [-0.25, -0.2) is 4.39 Å². The number of amidine groups is 1. The first kappa shape index (κ1) is 19.1. The third-order valence-corrected chi connectivity index (χ3v) is 5.94. The van der Waals surface area contributed by atoms with Crippen LogP contribution in [0.1, 0.15) is 5.56 Å². The lowest BCUT2D eigenvalue weighted by atomic mass is 10.2. The largest absolute Gasteiger partial charge is 0.300 e. The van der Waals surface area contributed by atoms with Crippen molar-refractivity contribution in [3.63, 3.8) is 0 Å². The normalized spacial score (nSPS) is 16.8. The molecule has 0 atom stereocenters. The van der Waals surface area contributed by atoms with Crippen molar-refractivity contribution in [3.8, 4) is 10.6 Å². The van der Waals surface area contributed by atoms with Crippen LogP contribution in [0.5, 0.6) is 0 Å². The molecule has 5 nitrogen and oxygen atoms in total. The molecule has 1 amide bonds. The molecule has 0 saturated carbocycles. The summed E-state index contributed by atoms with van der Waals surface area (Å²) in [5, 5.41) is 13.1. The van der Waals surface area contributed by atoms with E-state index in [2.05, 4.69) is 20.5 Å². The van der Waals surface area contributed by atoms with Crippen molar-refractivity contribution >= 4 is 68.6 Å². The summed E-state index contributed by atoms with van der Waals surface area (Å²) in [6, 6.07) is 11.0. The summed E-state index contributed by atoms with van der Waals surface area (Å²) in [6.07, 6.45) is 1.67. The second-order valence-corrected chi connectivity index (χ2v) is 8.37. The minimum absolute atomic E-state index is 0.280. The smallest absolute Gasteiger partial charge is 0.264 e. The Bertz CT molecular complexity index is 1130. The highest BCUT2D eigenvalue weighted by Gasteiger charge is 2.24. The molecule has 1 saturated heterocycles. The van der Waals surface area contributed by atoms with E-state index in [0.717, 1.165) is 5.56 Å². The van der Waals surface area contributed by atoms with Gasteiger partial charge in [0.2, 0.25) is 5.13 Å². The van der Waals surface area contributed by atoms with Gasteiger partial charge in [-0.1, -0.05) is 40.6 Å². The Kier molecular flexibility index (Phi) is 5.45. The van der Waals surface area contributed by atoms with Gasteiger partial charge in [-0.05, 0) is 59.8 Å². The minimum atomic E-state index is -0.320. The van der Waals surface area contributed by atoms with Gasteiger partial charge in [0, 0.05) is 15.6 Å². The van der Waals surface area contributed by atoms with E-state index in [9.17, 15) is 9.18 Å². The monoisotopic (exact) mass is 450 g/mol. The highest BCUT2D eigenvalue weighted by atomic mass is 35.5. The van der Waals surface area contributed by atoms with E-state index < -0.39 is 0 Å². The number of carbonyl (C=O) groups is 1. The zero-order valence-corrected chi connectivity index (χ0v) is 17.0. The Hall–Kier alpha value is -2.26. The van der Waals surface area contributed by atoms with Crippen molar-refractivity contribution in [1.82, 2.24) is 15.5 Å². The van der Waals surface area contributed by atoms with Crippen molar-refractivity contribution in [2.24, 2.45) is 4.99 Å². The zero-order valence-electron chi connectivity index (χ0n) is 13.8. The van der Waals surface area contributed by atoms with Crippen molar-refractivity contribution in [2.75, 3.05) is 0 Å². The number of aromatic nitrogens is 2. The molecular formula is C18H9Cl2FN4OS2. The Morgan fingerprint density at radius 2 is 1.89 bits per heavy atom. The fourth-order valence-corrected chi connectivity index (χ4v) is 4.36. The van der Waals surface area contributed by atoms with Crippen molar-refractivity contribution in [3.05, 3.63) is 68.8 Å². The van der Waals surface area contributed by atoms with Gasteiger partial charge in [-0.15, -0.1) is 10.2 Å². The van der Waals surface area contributed by atoms with Gasteiger partial charge >= 0.3 is 0 Å². The number of aliphatic imine (C=N–C) groups is 1. The fraction of sp³-hybridized carbons (Fsp3) is 0. The van der Waals surface area contributed by atoms with E-state index in [0.29, 0.717) is 35.8 Å².